The molecule has 0 atom stereocenters. The van der Waals surface area contributed by atoms with Gasteiger partial charge in [0.25, 0.3) is 0 Å². The van der Waals surface area contributed by atoms with Crippen LogP contribution in [0.25, 0.3) is 0 Å². The summed E-state index contributed by atoms with van der Waals surface area (Å²) in [5.74, 6) is -1.66. The first kappa shape index (κ1) is 17.0. The summed E-state index contributed by atoms with van der Waals surface area (Å²) in [6.07, 6.45) is 0. The Morgan fingerprint density at radius 1 is 1.08 bits per heavy atom. The van der Waals surface area contributed by atoms with Crippen LogP contribution in [0.5, 0.6) is 0 Å². The summed E-state index contributed by atoms with van der Waals surface area (Å²) in [4.78, 5) is 16.4. The Morgan fingerprint density at radius 2 is 1.75 bits per heavy atom. The van der Waals surface area contributed by atoms with Crippen molar-refractivity contribution in [1.29, 1.82) is 0 Å². The minimum absolute atomic E-state index is 0.147. The van der Waals surface area contributed by atoms with E-state index in [1.165, 1.54) is 5.56 Å². The van der Waals surface area contributed by atoms with E-state index in [2.05, 4.69) is 31.9 Å². The Bertz CT molecular complexity index is 665. The summed E-state index contributed by atoms with van der Waals surface area (Å²) >= 11 is 1.70. The molecule has 1 fully saturated rings. The number of nitrogens with one attached hydrogen (secondary N) is 1. The Kier molecular flexibility index (Phi) is 5.55. The maximum atomic E-state index is 13.1. The topological polar surface area (TPSA) is 35.6 Å². The van der Waals surface area contributed by atoms with E-state index >= 15 is 0 Å². The number of amides is 1. The van der Waals surface area contributed by atoms with Gasteiger partial charge in [0.1, 0.15) is 11.6 Å². The Labute approximate surface area is 143 Å². The lowest BCUT2D eigenvalue weighted by molar-refractivity contribution is -0.117. The van der Waals surface area contributed by atoms with E-state index < -0.39 is 11.6 Å². The molecule has 1 aromatic heterocycles. The zero-order chi connectivity index (χ0) is 16.9. The van der Waals surface area contributed by atoms with Crippen LogP contribution in [-0.2, 0) is 11.3 Å². The molecule has 0 aliphatic carbocycles. The third-order valence-corrected chi connectivity index (χ3v) is 4.70. The normalized spacial score (nSPS) is 16.2. The minimum atomic E-state index is -0.702. The van der Waals surface area contributed by atoms with Crippen LogP contribution >= 0.6 is 11.3 Å². The van der Waals surface area contributed by atoms with Gasteiger partial charge in [0.2, 0.25) is 5.91 Å². The lowest BCUT2D eigenvalue weighted by Gasteiger charge is -2.34. The zero-order valence-electron chi connectivity index (χ0n) is 13.2. The van der Waals surface area contributed by atoms with Gasteiger partial charge in [-0.05, 0) is 34.5 Å². The number of anilines is 1. The fourth-order valence-electron chi connectivity index (χ4n) is 2.78. The van der Waals surface area contributed by atoms with Gasteiger partial charge < -0.3 is 5.32 Å². The van der Waals surface area contributed by atoms with Gasteiger partial charge in [-0.15, -0.1) is 0 Å². The number of hydrogen-bond acceptors (Lipinski definition) is 4. The Hall–Kier alpha value is -1.83. The molecule has 1 aromatic carbocycles. The molecule has 24 heavy (non-hydrogen) atoms. The lowest BCUT2D eigenvalue weighted by atomic mass is 10.2. The average molecular weight is 351 g/mol. The van der Waals surface area contributed by atoms with E-state index in [1.54, 1.807) is 11.3 Å². The van der Waals surface area contributed by atoms with Crippen LogP contribution in [0.3, 0.4) is 0 Å². The third-order valence-electron chi connectivity index (χ3n) is 3.96. The smallest absolute Gasteiger partial charge is 0.238 e. The highest BCUT2D eigenvalue weighted by Gasteiger charge is 2.19. The molecule has 128 valence electrons. The summed E-state index contributed by atoms with van der Waals surface area (Å²) in [5.41, 5.74) is 1.47. The van der Waals surface area contributed by atoms with Gasteiger partial charge in [0.15, 0.2) is 0 Å². The van der Waals surface area contributed by atoms with Gasteiger partial charge in [0, 0.05) is 44.5 Å². The predicted molar refractivity (Wildman–Crippen MR) is 91.0 cm³/mol. The van der Waals surface area contributed by atoms with Crippen LogP contribution in [0.15, 0.2) is 35.0 Å². The maximum Gasteiger partial charge on any atom is 0.238 e. The highest BCUT2D eigenvalue weighted by atomic mass is 32.1. The number of hydrogen-bond donors (Lipinski definition) is 1. The molecule has 0 saturated carbocycles. The van der Waals surface area contributed by atoms with Crippen molar-refractivity contribution < 1.29 is 13.6 Å². The standard InChI is InChI=1S/C17H19F2N3OS/c18-14-7-15(19)9-16(8-14)20-17(23)11-22-4-2-21(3-5-22)10-13-1-6-24-12-13/h1,6-9,12H,2-5,10-11H2,(H,20,23). The van der Waals surface area contributed by atoms with Crippen molar-refractivity contribution in [1.82, 2.24) is 9.80 Å². The van der Waals surface area contributed by atoms with E-state index in [4.69, 9.17) is 0 Å². The van der Waals surface area contributed by atoms with Crippen molar-refractivity contribution in [3.63, 3.8) is 0 Å². The molecule has 1 aliphatic rings. The molecule has 0 radical (unpaired) electrons. The van der Waals surface area contributed by atoms with Crippen molar-refractivity contribution in [2.24, 2.45) is 0 Å². The molecular formula is C17H19F2N3OS. The van der Waals surface area contributed by atoms with Crippen molar-refractivity contribution >= 4 is 22.9 Å². The third kappa shape index (κ3) is 4.83. The molecule has 1 N–H and O–H groups in total. The number of carbonyl (C=O) groups is 1. The van der Waals surface area contributed by atoms with E-state index in [9.17, 15) is 13.6 Å². The van der Waals surface area contributed by atoms with E-state index in [0.717, 1.165) is 50.9 Å². The highest BCUT2D eigenvalue weighted by Crippen LogP contribution is 2.14. The van der Waals surface area contributed by atoms with E-state index in [-0.39, 0.29) is 18.1 Å². The van der Waals surface area contributed by atoms with Gasteiger partial charge in [-0.3, -0.25) is 14.6 Å². The number of nitrogens with zero attached hydrogens (tertiary/aromatic N) is 2. The number of halogens is 2. The summed E-state index contributed by atoms with van der Waals surface area (Å²) in [6, 6.07) is 5.13. The van der Waals surface area contributed by atoms with Crippen LogP contribution in [0.4, 0.5) is 14.5 Å². The van der Waals surface area contributed by atoms with E-state index in [0.29, 0.717) is 0 Å². The van der Waals surface area contributed by atoms with Gasteiger partial charge in [-0.25, -0.2) is 8.78 Å². The Morgan fingerprint density at radius 3 is 2.38 bits per heavy atom. The second-order valence-electron chi connectivity index (χ2n) is 5.89. The number of benzene rings is 1. The molecule has 1 aliphatic heterocycles. The molecule has 7 heteroatoms. The second-order valence-corrected chi connectivity index (χ2v) is 6.67. The molecule has 4 nitrogen and oxygen atoms in total. The molecule has 1 amide bonds. The number of rotatable bonds is 5. The molecule has 2 heterocycles. The first-order chi connectivity index (χ1) is 11.6. The van der Waals surface area contributed by atoms with Gasteiger partial charge in [-0.2, -0.15) is 11.3 Å². The Balaban J connectivity index is 1.44. The van der Waals surface area contributed by atoms with Gasteiger partial charge >= 0.3 is 0 Å². The largest absolute Gasteiger partial charge is 0.325 e. The molecular weight excluding hydrogens is 332 g/mol. The van der Waals surface area contributed by atoms with Gasteiger partial charge in [0.05, 0.1) is 6.54 Å². The van der Waals surface area contributed by atoms with Gasteiger partial charge in [-0.1, -0.05) is 0 Å². The molecule has 1 saturated heterocycles. The first-order valence-electron chi connectivity index (χ1n) is 7.80. The predicted octanol–water partition coefficient (Wildman–Crippen LogP) is 2.78. The van der Waals surface area contributed by atoms with Crippen LogP contribution in [0, 0.1) is 11.6 Å². The summed E-state index contributed by atoms with van der Waals surface area (Å²) in [7, 11) is 0. The quantitative estimate of drug-likeness (QED) is 0.900. The molecule has 2 aromatic rings. The zero-order valence-corrected chi connectivity index (χ0v) is 14.0. The van der Waals surface area contributed by atoms with Crippen LogP contribution in [-0.4, -0.2) is 48.4 Å². The van der Waals surface area contributed by atoms with E-state index in [1.807, 2.05) is 0 Å². The van der Waals surface area contributed by atoms with Crippen LogP contribution in [0.2, 0.25) is 0 Å². The lowest BCUT2D eigenvalue weighted by Crippen LogP contribution is -2.48. The minimum Gasteiger partial charge on any atom is -0.325 e. The summed E-state index contributed by atoms with van der Waals surface area (Å²) in [5, 5.41) is 6.77. The van der Waals surface area contributed by atoms with Crippen molar-refractivity contribution in [2.45, 2.75) is 6.54 Å². The fourth-order valence-corrected chi connectivity index (χ4v) is 3.44. The molecule has 0 spiro atoms. The van der Waals surface area contributed by atoms with Crippen molar-refractivity contribution in [3.05, 3.63) is 52.2 Å². The SMILES string of the molecule is O=C(CN1CCN(Cc2ccsc2)CC1)Nc1cc(F)cc(F)c1. The van der Waals surface area contributed by atoms with Crippen LogP contribution in [0.1, 0.15) is 5.56 Å². The fraction of sp³-hybridized carbons (Fsp3) is 0.353. The number of carbonyl (C=O) groups excluding carboxylic acids is 1. The average Bonchev–Trinajstić information content (AvgIpc) is 3.01. The molecule has 0 unspecified atom stereocenters. The van der Waals surface area contributed by atoms with Crippen molar-refractivity contribution in [2.75, 3.05) is 38.0 Å². The number of thiophene rings is 1. The van der Waals surface area contributed by atoms with Crippen molar-refractivity contribution in [3.8, 4) is 0 Å². The molecule has 3 rings (SSSR count). The second kappa shape index (κ2) is 7.83. The first-order valence-corrected chi connectivity index (χ1v) is 8.74. The maximum absolute atomic E-state index is 13.1. The van der Waals surface area contributed by atoms with Crippen LogP contribution < -0.4 is 5.32 Å². The highest BCUT2D eigenvalue weighted by molar-refractivity contribution is 7.07. The monoisotopic (exact) mass is 351 g/mol. The summed E-state index contributed by atoms with van der Waals surface area (Å²) < 4.78 is 26.3. The molecule has 0 bridgehead atoms. The summed E-state index contributed by atoms with van der Waals surface area (Å²) in [6.45, 7) is 4.57. The number of piperazine rings is 1.